The predicted octanol–water partition coefficient (Wildman–Crippen LogP) is 38.8. The van der Waals surface area contributed by atoms with Gasteiger partial charge in [0, 0.05) is 129 Å². The Balaban J connectivity index is 0.000000144. The summed E-state index contributed by atoms with van der Waals surface area (Å²) in [6.07, 6.45) is 0. The maximum atomic E-state index is 6.70. The van der Waals surface area contributed by atoms with Crippen LogP contribution in [0.4, 0.5) is 68.2 Å². The van der Waals surface area contributed by atoms with E-state index in [4.69, 9.17) is 8.83 Å². The fourth-order valence-corrected chi connectivity index (χ4v) is 25.0. The van der Waals surface area contributed by atoms with Crippen molar-refractivity contribution in [3.8, 4) is 44.5 Å². The third kappa shape index (κ3) is 14.6. The first-order valence-electron chi connectivity index (χ1n) is 47.9. The van der Waals surface area contributed by atoms with Crippen molar-refractivity contribution in [1.82, 2.24) is 0 Å². The van der Waals surface area contributed by atoms with E-state index in [1.807, 2.05) is 34.8 Å². The molecule has 0 saturated heterocycles. The van der Waals surface area contributed by atoms with E-state index in [1.165, 1.54) is 116 Å². The van der Waals surface area contributed by atoms with Crippen molar-refractivity contribution in [2.45, 2.75) is 19.6 Å². The van der Waals surface area contributed by atoms with Gasteiger partial charge >= 0.3 is 0 Å². The van der Waals surface area contributed by atoms with Crippen LogP contribution in [0.2, 0.25) is 19.6 Å². The van der Waals surface area contributed by atoms with Crippen LogP contribution in [0.25, 0.3) is 183 Å². The Labute approximate surface area is 819 Å². The van der Waals surface area contributed by atoms with E-state index in [2.05, 4.69) is 518 Å². The smallest absolute Gasteiger partial charge is 0.159 e. The first kappa shape index (κ1) is 83.4. The van der Waals surface area contributed by atoms with Gasteiger partial charge in [0.05, 0.1) is 30.8 Å². The number of nitrogens with zero attached hydrogens (tertiary/aromatic N) is 4. The van der Waals surface area contributed by atoms with E-state index in [1.54, 1.807) is 0 Å². The lowest BCUT2D eigenvalue weighted by atomic mass is 9.94. The first-order valence-corrected chi connectivity index (χ1v) is 53.0. The van der Waals surface area contributed by atoms with Gasteiger partial charge in [-0.25, -0.2) is 0 Å². The molecule has 9 heteroatoms. The van der Waals surface area contributed by atoms with Gasteiger partial charge in [0.1, 0.15) is 11.2 Å². The fraction of sp³-hybridized carbons (Fsp3) is 0.0229. The third-order valence-electron chi connectivity index (χ3n) is 28.0. The van der Waals surface area contributed by atoms with E-state index in [9.17, 15) is 0 Å². The van der Waals surface area contributed by atoms with Crippen molar-refractivity contribution < 1.29 is 8.83 Å². The van der Waals surface area contributed by atoms with Gasteiger partial charge in [-0.2, -0.15) is 0 Å². The highest BCUT2D eigenvalue weighted by Crippen LogP contribution is 2.54. The highest BCUT2D eigenvalue weighted by molar-refractivity contribution is 7.27. The Morgan fingerprint density at radius 1 is 0.193 bits per heavy atom. The van der Waals surface area contributed by atoms with Crippen molar-refractivity contribution in [2.75, 3.05) is 19.6 Å². The van der Waals surface area contributed by atoms with E-state index < -0.39 is 8.07 Å². The van der Waals surface area contributed by atoms with Crippen LogP contribution in [0.5, 0.6) is 0 Å². The van der Waals surface area contributed by atoms with Gasteiger partial charge in [0.15, 0.2) is 11.2 Å². The number of thiophene rings is 2. The molecule has 0 atom stereocenters. The van der Waals surface area contributed by atoms with Crippen LogP contribution in [0.3, 0.4) is 0 Å². The van der Waals surface area contributed by atoms with Gasteiger partial charge in [-0.3, -0.25) is 0 Å². The highest BCUT2D eigenvalue weighted by Gasteiger charge is 2.29. The molecule has 0 aliphatic carbocycles. The van der Waals surface area contributed by atoms with Crippen LogP contribution < -0.4 is 24.8 Å². The van der Waals surface area contributed by atoms with Crippen LogP contribution in [0.15, 0.2) is 500 Å². The van der Waals surface area contributed by atoms with E-state index in [0.29, 0.717) is 0 Å². The fourth-order valence-electron chi connectivity index (χ4n) is 21.3. The average Bonchev–Trinajstić information content (AvgIpc) is 1.54. The molecule has 23 aromatic carbocycles. The second-order valence-corrected chi connectivity index (χ2v) is 44.5. The molecule has 4 aromatic heterocycles. The van der Waals surface area contributed by atoms with E-state index >= 15 is 0 Å². The van der Waals surface area contributed by atoms with Gasteiger partial charge in [0.25, 0.3) is 0 Å². The minimum absolute atomic E-state index is 0.860. The van der Waals surface area contributed by atoms with Gasteiger partial charge in [-0.15, -0.1) is 22.7 Å². The molecule has 0 unspecified atom stereocenters. The zero-order valence-electron chi connectivity index (χ0n) is 77.2. The second-order valence-electron chi connectivity index (χ2n) is 37.3. The summed E-state index contributed by atoms with van der Waals surface area (Å²) in [5.41, 5.74) is 25.9. The maximum Gasteiger partial charge on any atom is 0.159 e. The lowest BCUT2D eigenvalue weighted by molar-refractivity contribution is 0.668. The molecule has 0 radical (unpaired) electrons. The third-order valence-corrected chi connectivity index (χ3v) is 32.4. The second kappa shape index (κ2) is 34.6. The molecular weight excluding hydrogens is 1750 g/mol. The summed E-state index contributed by atoms with van der Waals surface area (Å²) < 4.78 is 18.6. The van der Waals surface area contributed by atoms with E-state index in [0.717, 1.165) is 140 Å². The Kier molecular flexibility index (Phi) is 20.6. The van der Waals surface area contributed by atoms with Crippen LogP contribution in [0, 0.1) is 0 Å². The number of rotatable bonds is 17. The quantitative estimate of drug-likeness (QED) is 0.0668. The molecule has 0 spiro atoms. The van der Waals surface area contributed by atoms with Crippen LogP contribution in [-0.4, -0.2) is 8.07 Å². The molecule has 0 bridgehead atoms. The summed E-state index contributed by atoms with van der Waals surface area (Å²) in [5, 5.41) is 23.7. The summed E-state index contributed by atoms with van der Waals surface area (Å²) in [6, 6.07) is 178. The number of hydrogen-bond donors (Lipinski definition) is 0. The zero-order valence-corrected chi connectivity index (χ0v) is 79.8. The Hall–Kier alpha value is -17.2. The van der Waals surface area contributed by atoms with Gasteiger partial charge in [-0.1, -0.05) is 371 Å². The summed E-state index contributed by atoms with van der Waals surface area (Å²) in [4.78, 5) is 9.49. The molecule has 0 N–H and O–H groups in total. The van der Waals surface area contributed by atoms with Crippen molar-refractivity contribution in [3.05, 3.63) is 491 Å². The number of para-hydroxylation sites is 8. The van der Waals surface area contributed by atoms with Crippen molar-refractivity contribution in [1.29, 1.82) is 0 Å². The molecule has 27 aromatic rings. The van der Waals surface area contributed by atoms with Crippen molar-refractivity contribution >= 4 is 242 Å². The predicted molar refractivity (Wildman–Crippen MR) is 604 cm³/mol. The SMILES string of the molecule is C[Si](C)(C)c1ccc(N(c2ccccc2)c2ccc3c(c2)sc2c4ccc(-c5ccc(N(c6ccccc6-c6ccccc6)c6cccc7c6oc6ccccc67)cc5)cc4c4ccccc4c32)cc1.c1ccc(-c2ccccc2N(c2ccc(-c3ccc4c(c3)c3ccccc3c3c5ccc(N(c6ccccc6)c6ccc7ccccc7c6)cc5sc43)cc2)c2cccc3c2oc2ccccc23)cc1. The number of furan rings is 2. The molecule has 4 heterocycles. The molecular formula is C131H90N4O2S2Si. The van der Waals surface area contributed by atoms with Crippen molar-refractivity contribution in [2.24, 2.45) is 0 Å². The molecule has 0 amide bonds. The molecule has 0 fully saturated rings. The lowest BCUT2D eigenvalue weighted by Gasteiger charge is -2.28. The summed E-state index contributed by atoms with van der Waals surface area (Å²) in [6.45, 7) is 7.22. The maximum absolute atomic E-state index is 6.70. The van der Waals surface area contributed by atoms with Crippen LogP contribution >= 0.6 is 22.7 Å². The molecule has 0 aliphatic rings. The lowest BCUT2D eigenvalue weighted by Crippen LogP contribution is -2.37. The molecule has 0 aliphatic heterocycles. The average molecular weight is 1840 g/mol. The molecule has 662 valence electrons. The summed E-state index contributed by atoms with van der Waals surface area (Å²) in [5.74, 6) is 0. The molecule has 0 saturated carbocycles. The Bertz CT molecular complexity index is 9500. The highest BCUT2D eigenvalue weighted by atomic mass is 32.1. The Morgan fingerprint density at radius 2 is 0.521 bits per heavy atom. The summed E-state index contributed by atoms with van der Waals surface area (Å²) in [7, 11) is -1.45. The standard InChI is InChI=1S/C66H42N2OS.C65H48N2OSSi/c1-3-17-45(18-4-1)52-22-11-13-27-60(52)68(61-28-15-26-56-54-24-12-14-29-62(54)69-65(56)61)49-34-30-44(31-35-49)47-33-38-57-59(41-47)53-23-9-10-25-55(53)64-58-39-37-51(42-63(58)70-66(57)64)67(48-20-5-2-6-21-48)50-36-32-43-16-7-8-19-46(43)40-50;1-70(2,3)50-37-34-47(35-38-50)66(46-19-8-5-9-20-46)49-36-40-57-62(42-49)69-65-56-39-31-45(41-58(56)52-22-10-11-24-54(52)63(57)65)43-29-32-48(33-30-43)67(59-26-14-12-21-51(59)44-17-6-4-7-18-44)60-27-16-25-55-53-23-13-15-28-61(53)68-64(55)60/h1-42H;4-42H,1-3H3. The Morgan fingerprint density at radius 3 is 0.986 bits per heavy atom. The minimum Gasteiger partial charge on any atom is -0.454 e. The molecule has 140 heavy (non-hydrogen) atoms. The number of anilines is 12. The largest absolute Gasteiger partial charge is 0.454 e. The normalized spacial score (nSPS) is 11.8. The van der Waals surface area contributed by atoms with Gasteiger partial charge in [-0.05, 0) is 222 Å². The van der Waals surface area contributed by atoms with Crippen LogP contribution in [-0.2, 0) is 0 Å². The van der Waals surface area contributed by atoms with E-state index in [-0.39, 0.29) is 0 Å². The summed E-state index contributed by atoms with van der Waals surface area (Å²) >= 11 is 3.80. The number of fused-ring (bicyclic) bond motifs is 23. The van der Waals surface area contributed by atoms with Gasteiger partial charge < -0.3 is 28.4 Å². The first-order chi connectivity index (χ1) is 69.1. The molecule has 6 nitrogen and oxygen atoms in total. The number of hydrogen-bond acceptors (Lipinski definition) is 8. The molecule has 27 rings (SSSR count). The zero-order chi connectivity index (χ0) is 93.0. The van der Waals surface area contributed by atoms with Crippen molar-refractivity contribution in [3.63, 3.8) is 0 Å². The number of benzene rings is 23. The van der Waals surface area contributed by atoms with Crippen LogP contribution in [0.1, 0.15) is 0 Å². The van der Waals surface area contributed by atoms with Gasteiger partial charge in [0.2, 0.25) is 0 Å². The monoisotopic (exact) mass is 1840 g/mol. The topological polar surface area (TPSA) is 39.2 Å². The minimum atomic E-state index is -1.45.